The van der Waals surface area contributed by atoms with Crippen molar-refractivity contribution in [1.29, 1.82) is 0 Å². The average molecular weight is 138 g/mol. The third-order valence-electron chi connectivity index (χ3n) is 0.998. The molecule has 0 N–H and O–H groups in total. The highest BCUT2D eigenvalue weighted by Gasteiger charge is 2.00. The molecule has 0 radical (unpaired) electrons. The number of Topliss-reactive ketones (excluding diaryl/α,β-unsaturated/α-hetero) is 1. The fraction of sp³-hybridized carbons (Fsp3) is 0.444. The predicted octanol–water partition coefficient (Wildman–Crippen LogP) is 2.49. The fourth-order valence-corrected chi connectivity index (χ4v) is 0.736. The van der Waals surface area contributed by atoms with Crippen molar-refractivity contribution in [2.75, 3.05) is 0 Å². The smallest absolute Gasteiger partial charge is 0.140 e. The standard InChI is InChI=1S/C9H14O/c1-7(2)5-9(10)6-8(3)4/h1,3,5-6H2,2,4H3. The van der Waals surface area contributed by atoms with E-state index in [1.807, 2.05) is 13.8 Å². The van der Waals surface area contributed by atoms with Crippen molar-refractivity contribution in [3.8, 4) is 0 Å². The Labute approximate surface area is 62.4 Å². The monoisotopic (exact) mass is 138 g/mol. The average Bonchev–Trinajstić information content (AvgIpc) is 1.58. The number of carbonyl (C=O) groups is 1. The lowest BCUT2D eigenvalue weighted by molar-refractivity contribution is -0.117. The first-order valence-corrected chi connectivity index (χ1v) is 3.33. The molecule has 0 aliphatic carbocycles. The molecule has 0 spiro atoms. The van der Waals surface area contributed by atoms with Gasteiger partial charge in [-0.3, -0.25) is 4.79 Å². The van der Waals surface area contributed by atoms with Gasteiger partial charge in [0.05, 0.1) is 0 Å². The molecule has 0 aromatic carbocycles. The highest BCUT2D eigenvalue weighted by Crippen LogP contribution is 2.04. The van der Waals surface area contributed by atoms with Crippen LogP contribution in [0.2, 0.25) is 0 Å². The first-order chi connectivity index (χ1) is 4.52. The lowest BCUT2D eigenvalue weighted by Gasteiger charge is -1.97. The van der Waals surface area contributed by atoms with E-state index in [1.54, 1.807) is 0 Å². The number of allylic oxidation sites excluding steroid dienone is 2. The fourth-order valence-electron chi connectivity index (χ4n) is 0.736. The van der Waals surface area contributed by atoms with E-state index < -0.39 is 0 Å². The molecule has 1 nitrogen and oxygen atoms in total. The third kappa shape index (κ3) is 5.29. The summed E-state index contributed by atoms with van der Waals surface area (Å²) >= 11 is 0. The molecule has 0 unspecified atom stereocenters. The quantitative estimate of drug-likeness (QED) is 0.545. The summed E-state index contributed by atoms with van der Waals surface area (Å²) in [4.78, 5) is 10.9. The zero-order chi connectivity index (χ0) is 8.15. The summed E-state index contributed by atoms with van der Waals surface area (Å²) in [6.45, 7) is 11.0. The van der Waals surface area contributed by atoms with Crippen molar-refractivity contribution in [2.24, 2.45) is 0 Å². The van der Waals surface area contributed by atoms with E-state index in [0.29, 0.717) is 12.8 Å². The van der Waals surface area contributed by atoms with Crippen molar-refractivity contribution < 1.29 is 4.79 Å². The Morgan fingerprint density at radius 1 is 1.10 bits per heavy atom. The second-order valence-corrected chi connectivity index (χ2v) is 2.81. The van der Waals surface area contributed by atoms with Gasteiger partial charge >= 0.3 is 0 Å². The second kappa shape index (κ2) is 4.04. The minimum atomic E-state index is 0.208. The van der Waals surface area contributed by atoms with Gasteiger partial charge < -0.3 is 0 Å². The summed E-state index contributed by atoms with van der Waals surface area (Å²) in [6, 6.07) is 0. The number of ketones is 1. The predicted molar refractivity (Wildman–Crippen MR) is 43.9 cm³/mol. The lowest BCUT2D eigenvalue weighted by atomic mass is 10.1. The van der Waals surface area contributed by atoms with Gasteiger partial charge in [0.25, 0.3) is 0 Å². The first kappa shape index (κ1) is 9.15. The zero-order valence-electron chi connectivity index (χ0n) is 6.74. The summed E-state index contributed by atoms with van der Waals surface area (Å²) in [5.41, 5.74) is 1.84. The SMILES string of the molecule is C=C(C)CC(=O)CC(=C)C. The van der Waals surface area contributed by atoms with Gasteiger partial charge in [0.15, 0.2) is 0 Å². The van der Waals surface area contributed by atoms with E-state index >= 15 is 0 Å². The van der Waals surface area contributed by atoms with Gasteiger partial charge in [0, 0.05) is 12.8 Å². The molecular weight excluding hydrogens is 124 g/mol. The normalized spacial score (nSPS) is 9.00. The van der Waals surface area contributed by atoms with E-state index in [0.717, 1.165) is 11.1 Å². The largest absolute Gasteiger partial charge is 0.299 e. The van der Waals surface area contributed by atoms with Crippen LogP contribution < -0.4 is 0 Å². The van der Waals surface area contributed by atoms with Crippen molar-refractivity contribution in [3.63, 3.8) is 0 Å². The molecule has 0 atom stereocenters. The van der Waals surface area contributed by atoms with Crippen LogP contribution in [0.4, 0.5) is 0 Å². The molecule has 0 heterocycles. The Kier molecular flexibility index (Phi) is 3.70. The van der Waals surface area contributed by atoms with Gasteiger partial charge in [-0.05, 0) is 13.8 Å². The molecule has 0 aliphatic heterocycles. The van der Waals surface area contributed by atoms with Gasteiger partial charge in [0.1, 0.15) is 5.78 Å². The summed E-state index contributed by atoms with van der Waals surface area (Å²) < 4.78 is 0. The van der Waals surface area contributed by atoms with Gasteiger partial charge in [0.2, 0.25) is 0 Å². The summed E-state index contributed by atoms with van der Waals surface area (Å²) in [6.07, 6.45) is 0.986. The molecule has 56 valence electrons. The molecule has 0 aliphatic rings. The Morgan fingerprint density at radius 2 is 1.40 bits per heavy atom. The van der Waals surface area contributed by atoms with Crippen LogP contribution in [0.5, 0.6) is 0 Å². The zero-order valence-corrected chi connectivity index (χ0v) is 6.74. The first-order valence-electron chi connectivity index (χ1n) is 3.33. The van der Waals surface area contributed by atoms with Crippen molar-refractivity contribution >= 4 is 5.78 Å². The van der Waals surface area contributed by atoms with E-state index in [9.17, 15) is 4.79 Å². The maximum atomic E-state index is 10.9. The summed E-state index contributed by atoms with van der Waals surface area (Å²) in [5, 5.41) is 0. The molecule has 0 aromatic heterocycles. The number of carbonyl (C=O) groups excluding carboxylic acids is 1. The lowest BCUT2D eigenvalue weighted by Crippen LogP contribution is -1.97. The number of hydrogen-bond acceptors (Lipinski definition) is 1. The van der Waals surface area contributed by atoms with Gasteiger partial charge in [-0.2, -0.15) is 0 Å². The Balaban J connectivity index is 3.65. The van der Waals surface area contributed by atoms with Crippen LogP contribution in [-0.4, -0.2) is 5.78 Å². The maximum absolute atomic E-state index is 10.9. The number of hydrogen-bond donors (Lipinski definition) is 0. The molecular formula is C9H14O. The Morgan fingerprint density at radius 3 is 1.60 bits per heavy atom. The van der Waals surface area contributed by atoms with Gasteiger partial charge in [-0.1, -0.05) is 24.3 Å². The maximum Gasteiger partial charge on any atom is 0.140 e. The molecule has 0 fully saturated rings. The van der Waals surface area contributed by atoms with Crippen molar-refractivity contribution in [1.82, 2.24) is 0 Å². The van der Waals surface area contributed by atoms with Crippen molar-refractivity contribution in [3.05, 3.63) is 24.3 Å². The second-order valence-electron chi connectivity index (χ2n) is 2.81. The van der Waals surface area contributed by atoms with Crippen LogP contribution in [0.15, 0.2) is 24.3 Å². The van der Waals surface area contributed by atoms with Gasteiger partial charge in [-0.25, -0.2) is 0 Å². The van der Waals surface area contributed by atoms with Crippen LogP contribution >= 0.6 is 0 Å². The molecule has 0 aromatic rings. The topological polar surface area (TPSA) is 17.1 Å². The van der Waals surface area contributed by atoms with Gasteiger partial charge in [-0.15, -0.1) is 0 Å². The van der Waals surface area contributed by atoms with E-state index in [4.69, 9.17) is 0 Å². The van der Waals surface area contributed by atoms with Crippen LogP contribution in [0.1, 0.15) is 26.7 Å². The minimum Gasteiger partial charge on any atom is -0.299 e. The molecule has 0 rings (SSSR count). The van der Waals surface area contributed by atoms with Crippen LogP contribution in [0.25, 0.3) is 0 Å². The molecule has 1 heteroatoms. The van der Waals surface area contributed by atoms with Crippen LogP contribution in [-0.2, 0) is 4.79 Å². The van der Waals surface area contributed by atoms with Crippen LogP contribution in [0, 0.1) is 0 Å². The Hall–Kier alpha value is -0.850. The minimum absolute atomic E-state index is 0.208. The molecule has 0 bridgehead atoms. The van der Waals surface area contributed by atoms with Crippen molar-refractivity contribution in [2.45, 2.75) is 26.7 Å². The van der Waals surface area contributed by atoms with E-state index in [1.165, 1.54) is 0 Å². The molecule has 0 amide bonds. The third-order valence-corrected chi connectivity index (χ3v) is 0.998. The van der Waals surface area contributed by atoms with E-state index in [2.05, 4.69) is 13.2 Å². The summed E-state index contributed by atoms with van der Waals surface area (Å²) in [5.74, 6) is 0.208. The molecule has 10 heavy (non-hydrogen) atoms. The molecule has 0 saturated heterocycles. The summed E-state index contributed by atoms with van der Waals surface area (Å²) in [7, 11) is 0. The highest BCUT2D eigenvalue weighted by atomic mass is 16.1. The number of rotatable bonds is 4. The Bertz CT molecular complexity index is 148. The van der Waals surface area contributed by atoms with Crippen LogP contribution in [0.3, 0.4) is 0 Å². The van der Waals surface area contributed by atoms with E-state index in [-0.39, 0.29) is 5.78 Å². The molecule has 0 saturated carbocycles. The highest BCUT2D eigenvalue weighted by molar-refractivity contribution is 5.82.